The Morgan fingerprint density at radius 3 is 2.54 bits per heavy atom. The van der Waals surface area contributed by atoms with Crippen molar-refractivity contribution < 1.29 is 9.59 Å². The molecule has 0 aromatic heterocycles. The summed E-state index contributed by atoms with van der Waals surface area (Å²) >= 11 is 0. The number of hydrogen-bond acceptors (Lipinski definition) is 3. The Kier molecular flexibility index (Phi) is 4.25. The lowest BCUT2D eigenvalue weighted by Gasteiger charge is -2.33. The van der Waals surface area contributed by atoms with Gasteiger partial charge in [-0.3, -0.25) is 14.5 Å². The lowest BCUT2D eigenvalue weighted by Crippen LogP contribution is -2.48. The van der Waals surface area contributed by atoms with Gasteiger partial charge in [-0.2, -0.15) is 0 Å². The third kappa shape index (κ3) is 3.25. The van der Waals surface area contributed by atoms with E-state index in [0.29, 0.717) is 0 Å². The number of carbonyl (C=O) groups is 2. The van der Waals surface area contributed by atoms with Gasteiger partial charge in [-0.25, -0.2) is 0 Å². The molecule has 1 aliphatic rings. The molecule has 0 fully saturated rings. The van der Waals surface area contributed by atoms with Crippen LogP contribution in [0.5, 0.6) is 0 Å². The van der Waals surface area contributed by atoms with Crippen LogP contribution < -0.4 is 15.5 Å². The molecule has 2 aromatic carbocycles. The van der Waals surface area contributed by atoms with Gasteiger partial charge in [0.05, 0.1) is 11.4 Å². The number of benzene rings is 2. The van der Waals surface area contributed by atoms with Crippen molar-refractivity contribution in [2.24, 2.45) is 0 Å². The average Bonchev–Trinajstić information content (AvgIpc) is 2.50. The normalized spacial score (nSPS) is 16.4. The van der Waals surface area contributed by atoms with Crippen molar-refractivity contribution in [2.45, 2.75) is 26.8 Å². The fraction of sp³-hybridized carbons (Fsp3) is 0.263. The van der Waals surface area contributed by atoms with E-state index in [1.165, 1.54) is 4.90 Å². The molecule has 0 spiro atoms. The molecule has 1 unspecified atom stereocenters. The topological polar surface area (TPSA) is 61.4 Å². The van der Waals surface area contributed by atoms with Crippen molar-refractivity contribution in [1.29, 1.82) is 0 Å². The Labute approximate surface area is 141 Å². The Bertz CT molecular complexity index is 781. The lowest BCUT2D eigenvalue weighted by molar-refractivity contribution is -0.122. The van der Waals surface area contributed by atoms with E-state index in [1.807, 2.05) is 56.3 Å². The van der Waals surface area contributed by atoms with Crippen LogP contribution in [-0.2, 0) is 9.59 Å². The molecule has 24 heavy (non-hydrogen) atoms. The van der Waals surface area contributed by atoms with E-state index in [9.17, 15) is 9.59 Å². The van der Waals surface area contributed by atoms with E-state index in [0.717, 1.165) is 28.2 Å². The van der Waals surface area contributed by atoms with Gasteiger partial charge in [-0.15, -0.1) is 0 Å². The van der Waals surface area contributed by atoms with E-state index in [2.05, 4.69) is 10.6 Å². The molecule has 0 saturated heterocycles. The quantitative estimate of drug-likeness (QED) is 0.912. The average molecular weight is 323 g/mol. The highest BCUT2D eigenvalue weighted by Crippen LogP contribution is 2.30. The monoisotopic (exact) mass is 323 g/mol. The van der Waals surface area contributed by atoms with Crippen LogP contribution in [-0.4, -0.2) is 24.4 Å². The van der Waals surface area contributed by atoms with Gasteiger partial charge in [0.1, 0.15) is 12.6 Å². The van der Waals surface area contributed by atoms with Crippen LogP contribution in [0.4, 0.5) is 17.1 Å². The minimum atomic E-state index is -0.353. The van der Waals surface area contributed by atoms with Crippen LogP contribution in [0.2, 0.25) is 0 Å². The van der Waals surface area contributed by atoms with Crippen LogP contribution in [0, 0.1) is 13.8 Å². The van der Waals surface area contributed by atoms with Gasteiger partial charge in [0.15, 0.2) is 0 Å². The summed E-state index contributed by atoms with van der Waals surface area (Å²) in [5.74, 6) is -0.318. The number of nitrogens with zero attached hydrogens (tertiary/aromatic N) is 1. The third-order valence-electron chi connectivity index (χ3n) is 4.01. The van der Waals surface area contributed by atoms with Crippen molar-refractivity contribution >= 4 is 28.9 Å². The summed E-state index contributed by atoms with van der Waals surface area (Å²) < 4.78 is 0. The molecule has 2 aromatic rings. The molecule has 2 amide bonds. The molecular weight excluding hydrogens is 302 g/mol. The first-order valence-corrected chi connectivity index (χ1v) is 7.99. The van der Waals surface area contributed by atoms with Crippen molar-refractivity contribution in [2.75, 3.05) is 22.1 Å². The summed E-state index contributed by atoms with van der Waals surface area (Å²) in [4.78, 5) is 26.4. The number of anilines is 3. The number of para-hydroxylation sites is 2. The summed E-state index contributed by atoms with van der Waals surface area (Å²) in [6.45, 7) is 5.77. The highest BCUT2D eigenvalue weighted by atomic mass is 16.2. The Morgan fingerprint density at radius 2 is 1.83 bits per heavy atom. The first kappa shape index (κ1) is 16.1. The molecule has 5 nitrogen and oxygen atoms in total. The van der Waals surface area contributed by atoms with Crippen LogP contribution in [0.3, 0.4) is 0 Å². The van der Waals surface area contributed by atoms with Crippen molar-refractivity contribution in [1.82, 2.24) is 0 Å². The lowest BCUT2D eigenvalue weighted by atomic mass is 10.1. The van der Waals surface area contributed by atoms with Gasteiger partial charge in [-0.1, -0.05) is 18.2 Å². The SMILES string of the molecule is Cc1cc(C)cc(NC(=O)CN2C(=O)C(C)Nc3ccccc32)c1. The van der Waals surface area contributed by atoms with Gasteiger partial charge in [0.25, 0.3) is 0 Å². The number of rotatable bonds is 3. The van der Waals surface area contributed by atoms with Gasteiger partial charge in [-0.05, 0) is 56.2 Å². The molecular formula is C19H21N3O2. The van der Waals surface area contributed by atoms with Gasteiger partial charge in [0.2, 0.25) is 11.8 Å². The minimum absolute atomic E-state index is 0.00510. The molecule has 1 heterocycles. The predicted molar refractivity (Wildman–Crippen MR) is 96.4 cm³/mol. The second-order valence-electron chi connectivity index (χ2n) is 6.23. The summed E-state index contributed by atoms with van der Waals surface area (Å²) in [6.07, 6.45) is 0. The molecule has 0 saturated carbocycles. The zero-order chi connectivity index (χ0) is 17.3. The molecule has 2 N–H and O–H groups in total. The number of nitrogens with one attached hydrogen (secondary N) is 2. The van der Waals surface area contributed by atoms with E-state index in [-0.39, 0.29) is 24.4 Å². The van der Waals surface area contributed by atoms with Crippen LogP contribution in [0.15, 0.2) is 42.5 Å². The van der Waals surface area contributed by atoms with Crippen LogP contribution in [0.1, 0.15) is 18.1 Å². The molecule has 1 aliphatic heterocycles. The maximum atomic E-state index is 12.5. The largest absolute Gasteiger partial charge is 0.372 e. The zero-order valence-corrected chi connectivity index (χ0v) is 14.1. The summed E-state index contributed by atoms with van der Waals surface area (Å²) in [7, 11) is 0. The maximum absolute atomic E-state index is 12.5. The maximum Gasteiger partial charge on any atom is 0.249 e. The standard InChI is InChI=1S/C19H21N3O2/c1-12-8-13(2)10-15(9-12)21-18(23)11-22-17-7-5-4-6-16(17)20-14(3)19(22)24/h4-10,14,20H,11H2,1-3H3,(H,21,23). The van der Waals surface area contributed by atoms with E-state index < -0.39 is 0 Å². The second kappa shape index (κ2) is 6.35. The number of aryl methyl sites for hydroxylation is 2. The number of hydrogen-bond donors (Lipinski definition) is 2. The van der Waals surface area contributed by atoms with Gasteiger partial charge < -0.3 is 10.6 Å². The molecule has 1 atom stereocenters. The number of carbonyl (C=O) groups excluding carboxylic acids is 2. The van der Waals surface area contributed by atoms with Crippen LogP contribution in [0.25, 0.3) is 0 Å². The predicted octanol–water partition coefficient (Wildman–Crippen LogP) is 3.09. The molecule has 124 valence electrons. The zero-order valence-electron chi connectivity index (χ0n) is 14.1. The number of amides is 2. The van der Waals surface area contributed by atoms with Gasteiger partial charge >= 0.3 is 0 Å². The number of fused-ring (bicyclic) bond motifs is 1. The molecule has 0 radical (unpaired) electrons. The molecule has 0 aliphatic carbocycles. The molecule has 3 rings (SSSR count). The Morgan fingerprint density at radius 1 is 1.17 bits per heavy atom. The van der Waals surface area contributed by atoms with Crippen molar-refractivity contribution in [3.05, 3.63) is 53.6 Å². The van der Waals surface area contributed by atoms with Gasteiger partial charge in [0, 0.05) is 5.69 Å². The Hall–Kier alpha value is -2.82. The first-order valence-electron chi connectivity index (χ1n) is 7.99. The molecule has 5 heteroatoms. The van der Waals surface area contributed by atoms with Crippen LogP contribution >= 0.6 is 0 Å². The van der Waals surface area contributed by atoms with Crippen molar-refractivity contribution in [3.63, 3.8) is 0 Å². The first-order chi connectivity index (χ1) is 11.4. The second-order valence-corrected chi connectivity index (χ2v) is 6.23. The Balaban J connectivity index is 1.79. The van der Waals surface area contributed by atoms with E-state index >= 15 is 0 Å². The fourth-order valence-corrected chi connectivity index (χ4v) is 3.03. The summed E-state index contributed by atoms with van der Waals surface area (Å²) in [5, 5.41) is 6.04. The van der Waals surface area contributed by atoms with Crippen molar-refractivity contribution in [3.8, 4) is 0 Å². The van der Waals surface area contributed by atoms with E-state index in [4.69, 9.17) is 0 Å². The minimum Gasteiger partial charge on any atom is -0.372 e. The van der Waals surface area contributed by atoms with E-state index in [1.54, 1.807) is 6.92 Å². The molecule has 0 bridgehead atoms. The fourth-order valence-electron chi connectivity index (χ4n) is 3.03. The highest BCUT2D eigenvalue weighted by molar-refractivity contribution is 6.09. The third-order valence-corrected chi connectivity index (χ3v) is 4.01. The summed E-state index contributed by atoms with van der Waals surface area (Å²) in [6, 6.07) is 13.0. The smallest absolute Gasteiger partial charge is 0.249 e. The summed E-state index contributed by atoms with van der Waals surface area (Å²) in [5.41, 5.74) is 4.52. The highest BCUT2D eigenvalue weighted by Gasteiger charge is 2.30.